The summed E-state index contributed by atoms with van der Waals surface area (Å²) < 4.78 is 33.8. The Labute approximate surface area is 210 Å². The van der Waals surface area contributed by atoms with Gasteiger partial charge in [-0.1, -0.05) is 25.5 Å². The molecule has 1 saturated heterocycles. The minimum absolute atomic E-state index is 0.0523. The SMILES string of the molecule is CCCCS(=O)(=O)N(c1cccc(-c2sc(C(=O)O)c(OCC(=O)O)c2Br)c1)C1CCNCC1. The van der Waals surface area contributed by atoms with Gasteiger partial charge in [0.15, 0.2) is 17.2 Å². The molecule has 0 radical (unpaired) electrons. The van der Waals surface area contributed by atoms with E-state index >= 15 is 0 Å². The van der Waals surface area contributed by atoms with Crippen molar-refractivity contribution >= 4 is 54.9 Å². The summed E-state index contributed by atoms with van der Waals surface area (Å²) in [5.41, 5.74) is 1.12. The number of nitrogens with one attached hydrogen (secondary N) is 1. The van der Waals surface area contributed by atoms with Crippen molar-refractivity contribution in [1.82, 2.24) is 5.32 Å². The van der Waals surface area contributed by atoms with Gasteiger partial charge in [-0.15, -0.1) is 11.3 Å². The molecule has 0 bridgehead atoms. The van der Waals surface area contributed by atoms with Crippen LogP contribution in [0, 0.1) is 0 Å². The van der Waals surface area contributed by atoms with Crippen molar-refractivity contribution in [2.45, 2.75) is 38.6 Å². The fraction of sp³-hybridized carbons (Fsp3) is 0.455. The Morgan fingerprint density at radius 1 is 1.26 bits per heavy atom. The molecule has 12 heteroatoms. The smallest absolute Gasteiger partial charge is 0.349 e. The quantitative estimate of drug-likeness (QED) is 0.366. The average molecular weight is 576 g/mol. The van der Waals surface area contributed by atoms with Crippen LogP contribution in [0.3, 0.4) is 0 Å². The first-order valence-corrected chi connectivity index (χ1v) is 14.1. The first-order valence-electron chi connectivity index (χ1n) is 10.9. The minimum Gasteiger partial charge on any atom is -0.479 e. The van der Waals surface area contributed by atoms with E-state index in [1.165, 1.54) is 4.31 Å². The Kier molecular flexibility index (Phi) is 8.96. The van der Waals surface area contributed by atoms with Crippen LogP contribution in [0.4, 0.5) is 5.69 Å². The summed E-state index contributed by atoms with van der Waals surface area (Å²) in [4.78, 5) is 23.0. The molecule has 0 unspecified atom stereocenters. The fourth-order valence-electron chi connectivity index (χ4n) is 3.83. The van der Waals surface area contributed by atoms with Crippen molar-refractivity contribution in [1.29, 1.82) is 0 Å². The molecule has 1 aliphatic rings. The van der Waals surface area contributed by atoms with Crippen molar-refractivity contribution in [3.8, 4) is 16.2 Å². The van der Waals surface area contributed by atoms with Gasteiger partial charge in [0.1, 0.15) is 0 Å². The molecule has 0 aliphatic carbocycles. The number of carboxylic acids is 2. The molecule has 2 aromatic rings. The lowest BCUT2D eigenvalue weighted by molar-refractivity contribution is -0.139. The van der Waals surface area contributed by atoms with Crippen LogP contribution in [0.1, 0.15) is 42.3 Å². The van der Waals surface area contributed by atoms with E-state index in [0.29, 0.717) is 39.9 Å². The summed E-state index contributed by atoms with van der Waals surface area (Å²) in [6, 6.07) is 6.80. The summed E-state index contributed by atoms with van der Waals surface area (Å²) in [5.74, 6) is -2.48. The highest BCUT2D eigenvalue weighted by Gasteiger charge is 2.32. The van der Waals surface area contributed by atoms with Crippen LogP contribution >= 0.6 is 27.3 Å². The first-order chi connectivity index (χ1) is 16.2. The molecule has 1 aromatic heterocycles. The number of aliphatic carboxylic acids is 1. The number of rotatable bonds is 11. The zero-order chi connectivity index (χ0) is 24.9. The third-order valence-corrected chi connectivity index (χ3v) is 9.54. The number of halogens is 1. The Bertz CT molecular complexity index is 1140. The highest BCUT2D eigenvalue weighted by molar-refractivity contribution is 9.10. The molecule has 2 heterocycles. The van der Waals surface area contributed by atoms with Crippen molar-refractivity contribution in [2.75, 3.05) is 29.8 Å². The summed E-state index contributed by atoms with van der Waals surface area (Å²) >= 11 is 4.29. The van der Waals surface area contributed by atoms with E-state index in [1.54, 1.807) is 24.3 Å². The second kappa shape index (κ2) is 11.5. The second-order valence-electron chi connectivity index (χ2n) is 7.89. The van der Waals surface area contributed by atoms with Gasteiger partial charge in [-0.3, -0.25) is 4.31 Å². The van der Waals surface area contributed by atoms with Crippen LogP contribution < -0.4 is 14.4 Å². The van der Waals surface area contributed by atoms with Gasteiger partial charge >= 0.3 is 11.9 Å². The molecular weight excluding hydrogens is 548 g/mol. The van der Waals surface area contributed by atoms with Gasteiger partial charge < -0.3 is 20.3 Å². The first kappa shape index (κ1) is 26.5. The van der Waals surface area contributed by atoms with Gasteiger partial charge in [-0.05, 0) is 66.0 Å². The Balaban J connectivity index is 2.06. The number of carboxylic acid groups (broad SMARTS) is 2. The molecule has 0 atom stereocenters. The summed E-state index contributed by atoms with van der Waals surface area (Å²) in [6.45, 7) is 2.72. The number of aromatic carboxylic acids is 1. The monoisotopic (exact) mass is 574 g/mol. The van der Waals surface area contributed by atoms with Crippen LogP contribution in [-0.2, 0) is 14.8 Å². The number of sulfonamides is 1. The average Bonchev–Trinajstić information content (AvgIpc) is 3.13. The van der Waals surface area contributed by atoms with Gasteiger partial charge in [0.25, 0.3) is 0 Å². The number of anilines is 1. The predicted molar refractivity (Wildman–Crippen MR) is 135 cm³/mol. The summed E-state index contributed by atoms with van der Waals surface area (Å²) in [7, 11) is -3.57. The Morgan fingerprint density at radius 2 is 1.97 bits per heavy atom. The number of piperidine rings is 1. The molecule has 0 amide bonds. The molecule has 1 fully saturated rings. The normalized spacial score (nSPS) is 14.6. The highest BCUT2D eigenvalue weighted by Crippen LogP contribution is 2.46. The van der Waals surface area contributed by atoms with Gasteiger partial charge in [0, 0.05) is 6.04 Å². The highest BCUT2D eigenvalue weighted by atomic mass is 79.9. The molecule has 186 valence electrons. The van der Waals surface area contributed by atoms with Crippen molar-refractivity contribution < 1.29 is 33.0 Å². The summed E-state index contributed by atoms with van der Waals surface area (Å²) in [5, 5.41) is 21.8. The maximum atomic E-state index is 13.3. The van der Waals surface area contributed by atoms with Crippen LogP contribution in [-0.4, -0.2) is 62.1 Å². The van der Waals surface area contributed by atoms with E-state index in [9.17, 15) is 23.1 Å². The van der Waals surface area contributed by atoms with Crippen molar-refractivity contribution in [2.24, 2.45) is 0 Å². The van der Waals surface area contributed by atoms with E-state index in [-0.39, 0.29) is 22.4 Å². The van der Waals surface area contributed by atoms with Gasteiger partial charge in [-0.2, -0.15) is 0 Å². The molecule has 0 saturated carbocycles. The molecule has 3 rings (SSSR count). The number of hydrogen-bond acceptors (Lipinski definition) is 7. The number of carbonyl (C=O) groups is 2. The number of ether oxygens (including phenoxy) is 1. The van der Waals surface area contributed by atoms with Gasteiger partial charge in [0.2, 0.25) is 10.0 Å². The van der Waals surface area contributed by atoms with E-state index in [4.69, 9.17) is 9.84 Å². The molecule has 9 nitrogen and oxygen atoms in total. The lowest BCUT2D eigenvalue weighted by Gasteiger charge is -2.35. The molecule has 0 spiro atoms. The van der Waals surface area contributed by atoms with Crippen LogP contribution in [0.25, 0.3) is 10.4 Å². The lowest BCUT2D eigenvalue weighted by atomic mass is 10.1. The van der Waals surface area contributed by atoms with E-state index in [2.05, 4.69) is 21.2 Å². The van der Waals surface area contributed by atoms with E-state index < -0.39 is 28.6 Å². The summed E-state index contributed by atoms with van der Waals surface area (Å²) in [6.07, 6.45) is 2.70. The topological polar surface area (TPSA) is 133 Å². The van der Waals surface area contributed by atoms with Crippen molar-refractivity contribution in [3.63, 3.8) is 0 Å². The van der Waals surface area contributed by atoms with E-state index in [1.807, 2.05) is 6.92 Å². The number of thiophene rings is 1. The van der Waals surface area contributed by atoms with Crippen LogP contribution in [0.2, 0.25) is 0 Å². The van der Waals surface area contributed by atoms with E-state index in [0.717, 1.165) is 30.8 Å². The maximum absolute atomic E-state index is 13.3. The Morgan fingerprint density at radius 3 is 2.59 bits per heavy atom. The fourth-order valence-corrected chi connectivity index (χ4v) is 7.67. The zero-order valence-electron chi connectivity index (χ0n) is 18.6. The molecule has 3 N–H and O–H groups in total. The standard InChI is InChI=1S/C22H27BrN2O7S2/c1-2-3-11-34(30,31)25(15-7-9-24-10-8-15)16-6-4-5-14(12-16)20-18(23)19(32-13-17(26)27)21(33-20)22(28)29/h4-6,12,15,24H,2-3,7-11,13H2,1H3,(H,26,27)(H,28,29). The number of unbranched alkanes of at least 4 members (excludes halogenated alkanes) is 1. The number of hydrogen-bond donors (Lipinski definition) is 3. The molecule has 1 aliphatic heterocycles. The van der Waals surface area contributed by atoms with Crippen molar-refractivity contribution in [3.05, 3.63) is 33.6 Å². The molecule has 1 aromatic carbocycles. The largest absolute Gasteiger partial charge is 0.479 e. The predicted octanol–water partition coefficient (Wildman–Crippen LogP) is 4.03. The lowest BCUT2D eigenvalue weighted by Crippen LogP contribution is -2.47. The van der Waals surface area contributed by atoms with Gasteiger partial charge in [0.05, 0.1) is 20.8 Å². The van der Waals surface area contributed by atoms with Crippen LogP contribution in [0.5, 0.6) is 5.75 Å². The molecular formula is C22H27BrN2O7S2. The number of benzene rings is 1. The molecule has 34 heavy (non-hydrogen) atoms. The third kappa shape index (κ3) is 6.09. The zero-order valence-corrected chi connectivity index (χ0v) is 21.8. The Hall–Kier alpha value is -2.15. The van der Waals surface area contributed by atoms with Crippen LogP contribution in [0.15, 0.2) is 28.7 Å². The minimum atomic E-state index is -3.57. The third-order valence-electron chi connectivity index (χ3n) is 5.40. The number of nitrogens with zero attached hydrogens (tertiary/aromatic N) is 1. The van der Waals surface area contributed by atoms with Gasteiger partial charge in [-0.25, -0.2) is 18.0 Å². The second-order valence-corrected chi connectivity index (χ2v) is 11.7. The maximum Gasteiger partial charge on any atom is 0.349 e.